The first-order valence-corrected chi connectivity index (χ1v) is 13.1. The molecule has 0 N–H and O–H groups in total. The number of carbonyl (C=O) groups excluding carboxylic acids is 1. The Hall–Kier alpha value is -2.13. The Morgan fingerprint density at radius 3 is 2.24 bits per heavy atom. The molecule has 3 rings (SSSR count). The van der Waals surface area contributed by atoms with E-state index in [-0.39, 0.29) is 15.8 Å². The van der Waals surface area contributed by atoms with Crippen LogP contribution in [0, 0.1) is 0 Å². The van der Waals surface area contributed by atoms with Gasteiger partial charge in [-0.25, -0.2) is 8.42 Å². The molecule has 0 bridgehead atoms. The number of halogens is 1. The highest BCUT2D eigenvalue weighted by molar-refractivity contribution is 7.89. The first-order valence-electron chi connectivity index (χ1n) is 11.2. The molecule has 0 saturated carbocycles. The maximum absolute atomic E-state index is 13.1. The topological polar surface area (TPSA) is 70.2 Å². The van der Waals surface area contributed by atoms with Crippen LogP contribution >= 0.6 is 11.6 Å². The Kier molecular flexibility index (Phi) is 8.75. The van der Waals surface area contributed by atoms with E-state index in [0.29, 0.717) is 31.7 Å². The lowest BCUT2D eigenvalue weighted by Crippen LogP contribution is -2.49. The molecule has 0 aromatic heterocycles. The highest BCUT2D eigenvalue weighted by Crippen LogP contribution is 2.26. The summed E-state index contributed by atoms with van der Waals surface area (Å²) < 4.78 is 32.4. The number of piperazine rings is 1. The van der Waals surface area contributed by atoms with Crippen molar-refractivity contribution in [3.05, 3.63) is 58.6 Å². The Bertz CT molecular complexity index is 1050. The molecule has 33 heavy (non-hydrogen) atoms. The summed E-state index contributed by atoms with van der Waals surface area (Å²) in [4.78, 5) is 17.2. The highest BCUT2D eigenvalue weighted by atomic mass is 35.5. The van der Waals surface area contributed by atoms with Crippen LogP contribution in [0.25, 0.3) is 0 Å². The van der Waals surface area contributed by atoms with Crippen molar-refractivity contribution in [2.45, 2.75) is 25.2 Å². The van der Waals surface area contributed by atoms with Gasteiger partial charge in [0.15, 0.2) is 0 Å². The molecule has 0 aliphatic carbocycles. The molecule has 2 aromatic carbocycles. The fourth-order valence-corrected chi connectivity index (χ4v) is 5.93. The number of hydrogen-bond acceptors (Lipinski definition) is 5. The average molecular weight is 494 g/mol. The minimum Gasteiger partial charge on any atom is -0.497 e. The van der Waals surface area contributed by atoms with Crippen molar-refractivity contribution in [3.8, 4) is 5.75 Å². The van der Waals surface area contributed by atoms with Gasteiger partial charge in [-0.05, 0) is 42.3 Å². The second-order valence-corrected chi connectivity index (χ2v) is 10.3. The molecule has 0 atom stereocenters. The number of amides is 1. The number of nitrogens with zero attached hydrogens (tertiary/aromatic N) is 3. The van der Waals surface area contributed by atoms with Crippen LogP contribution in [0.15, 0.2) is 47.4 Å². The predicted molar refractivity (Wildman–Crippen MR) is 131 cm³/mol. The third-order valence-corrected chi connectivity index (χ3v) is 8.57. The van der Waals surface area contributed by atoms with Crippen LogP contribution in [0.3, 0.4) is 0 Å². The molecule has 1 heterocycles. The maximum atomic E-state index is 13.1. The van der Waals surface area contributed by atoms with Crippen LogP contribution < -0.4 is 4.74 Å². The molecule has 0 radical (unpaired) electrons. The van der Waals surface area contributed by atoms with E-state index in [1.165, 1.54) is 22.0 Å². The first-order chi connectivity index (χ1) is 15.8. The smallest absolute Gasteiger partial charge is 0.253 e. The molecule has 1 aliphatic heterocycles. The van der Waals surface area contributed by atoms with E-state index in [0.717, 1.165) is 31.8 Å². The van der Waals surface area contributed by atoms with Gasteiger partial charge < -0.3 is 9.64 Å². The molecule has 1 fully saturated rings. The number of hydrogen-bond donors (Lipinski definition) is 0. The monoisotopic (exact) mass is 493 g/mol. The second kappa shape index (κ2) is 11.3. The van der Waals surface area contributed by atoms with Gasteiger partial charge in [-0.3, -0.25) is 9.69 Å². The fraction of sp³-hybridized carbons (Fsp3) is 0.458. The Labute approximate surface area is 201 Å². The number of sulfonamides is 1. The molecule has 7 nitrogen and oxygen atoms in total. The highest BCUT2D eigenvalue weighted by Gasteiger charge is 2.27. The van der Waals surface area contributed by atoms with Gasteiger partial charge in [0.05, 0.1) is 12.1 Å². The fourth-order valence-electron chi connectivity index (χ4n) is 3.97. The lowest BCUT2D eigenvalue weighted by Gasteiger charge is -2.35. The number of methoxy groups -OCH3 is 1. The molecule has 180 valence electrons. The van der Waals surface area contributed by atoms with E-state index in [2.05, 4.69) is 17.0 Å². The van der Waals surface area contributed by atoms with Gasteiger partial charge in [-0.2, -0.15) is 4.31 Å². The second-order valence-electron chi connectivity index (χ2n) is 7.97. The Morgan fingerprint density at radius 1 is 1.03 bits per heavy atom. The largest absolute Gasteiger partial charge is 0.497 e. The molecular weight excluding hydrogens is 462 g/mol. The zero-order valence-corrected chi connectivity index (χ0v) is 21.0. The summed E-state index contributed by atoms with van der Waals surface area (Å²) in [5, 5.41) is 0.127. The van der Waals surface area contributed by atoms with Crippen molar-refractivity contribution in [3.63, 3.8) is 0 Å². The van der Waals surface area contributed by atoms with Crippen molar-refractivity contribution in [2.75, 3.05) is 52.9 Å². The molecule has 2 aromatic rings. The minimum absolute atomic E-state index is 0.0168. The zero-order chi connectivity index (χ0) is 24.0. The lowest BCUT2D eigenvalue weighted by atomic mass is 10.1. The molecule has 0 spiro atoms. The van der Waals surface area contributed by atoms with Crippen molar-refractivity contribution in [1.29, 1.82) is 0 Å². The maximum Gasteiger partial charge on any atom is 0.253 e. The van der Waals surface area contributed by atoms with Gasteiger partial charge in [0, 0.05) is 51.4 Å². The summed E-state index contributed by atoms with van der Waals surface area (Å²) in [7, 11) is -2.09. The average Bonchev–Trinajstić information content (AvgIpc) is 2.83. The third kappa shape index (κ3) is 6.06. The van der Waals surface area contributed by atoms with Crippen molar-refractivity contribution in [1.82, 2.24) is 14.1 Å². The van der Waals surface area contributed by atoms with Crippen molar-refractivity contribution < 1.29 is 17.9 Å². The minimum atomic E-state index is -3.75. The van der Waals surface area contributed by atoms with E-state index in [1.54, 1.807) is 31.9 Å². The van der Waals surface area contributed by atoms with Gasteiger partial charge >= 0.3 is 0 Å². The predicted octanol–water partition coefficient (Wildman–Crippen LogP) is 3.38. The van der Waals surface area contributed by atoms with Gasteiger partial charge in [-0.15, -0.1) is 0 Å². The quantitative estimate of drug-likeness (QED) is 0.535. The summed E-state index contributed by atoms with van der Waals surface area (Å²) in [5.41, 5.74) is 1.59. The molecule has 9 heteroatoms. The standard InChI is InChI=1S/C24H32ClN3O4S/c1-4-28(5-2)33(30,31)23-18-20(8-11-22(23)25)24(29)27-16-14-26(15-17-27)13-12-19-6-9-21(32-3)10-7-19/h6-11,18H,4-5,12-17H2,1-3H3. The van der Waals surface area contributed by atoms with Crippen LogP contribution in [0.2, 0.25) is 5.02 Å². The van der Waals surface area contributed by atoms with Gasteiger partial charge in [0.2, 0.25) is 10.0 Å². The van der Waals surface area contributed by atoms with Gasteiger partial charge in [0.1, 0.15) is 10.6 Å². The van der Waals surface area contributed by atoms with Gasteiger partial charge in [0.25, 0.3) is 5.91 Å². The molecule has 1 aliphatic rings. The normalized spacial score (nSPS) is 15.1. The third-order valence-electron chi connectivity index (χ3n) is 6.04. The summed E-state index contributed by atoms with van der Waals surface area (Å²) in [6.45, 7) is 7.90. The van der Waals surface area contributed by atoms with E-state index in [9.17, 15) is 13.2 Å². The van der Waals surface area contributed by atoms with Crippen LogP contribution in [-0.4, -0.2) is 81.4 Å². The van der Waals surface area contributed by atoms with E-state index < -0.39 is 10.0 Å². The summed E-state index contributed by atoms with van der Waals surface area (Å²) in [5.74, 6) is 0.679. The zero-order valence-electron chi connectivity index (χ0n) is 19.5. The van der Waals surface area contributed by atoms with Crippen LogP contribution in [-0.2, 0) is 16.4 Å². The number of carbonyl (C=O) groups is 1. The van der Waals surface area contributed by atoms with Crippen LogP contribution in [0.4, 0.5) is 0 Å². The molecule has 1 saturated heterocycles. The van der Waals surface area contributed by atoms with Crippen LogP contribution in [0.5, 0.6) is 5.75 Å². The van der Waals surface area contributed by atoms with E-state index in [4.69, 9.17) is 16.3 Å². The van der Waals surface area contributed by atoms with Gasteiger partial charge in [-0.1, -0.05) is 37.6 Å². The summed E-state index contributed by atoms with van der Waals surface area (Å²) >= 11 is 6.21. The summed E-state index contributed by atoms with van der Waals surface area (Å²) in [6, 6.07) is 12.6. The van der Waals surface area contributed by atoms with Crippen LogP contribution in [0.1, 0.15) is 29.8 Å². The number of benzene rings is 2. The van der Waals surface area contributed by atoms with Crippen molar-refractivity contribution in [2.24, 2.45) is 0 Å². The first kappa shape index (κ1) is 25.5. The number of rotatable bonds is 9. The Balaban J connectivity index is 1.61. The van der Waals surface area contributed by atoms with E-state index >= 15 is 0 Å². The molecular formula is C24H32ClN3O4S. The Morgan fingerprint density at radius 2 is 1.67 bits per heavy atom. The molecule has 1 amide bonds. The number of ether oxygens (including phenoxy) is 1. The summed E-state index contributed by atoms with van der Waals surface area (Å²) in [6.07, 6.45) is 0.932. The SMILES string of the molecule is CCN(CC)S(=O)(=O)c1cc(C(=O)N2CCN(CCc3ccc(OC)cc3)CC2)ccc1Cl. The van der Waals surface area contributed by atoms with Crippen molar-refractivity contribution >= 4 is 27.5 Å². The lowest BCUT2D eigenvalue weighted by molar-refractivity contribution is 0.0638. The van der Waals surface area contributed by atoms with E-state index in [1.807, 2.05) is 12.1 Å². The molecule has 0 unspecified atom stereocenters.